The Balaban J connectivity index is 0.000000791. The van der Waals surface area contributed by atoms with Gasteiger partial charge in [-0.05, 0) is 13.3 Å². The van der Waals surface area contributed by atoms with Crippen molar-refractivity contribution in [1.29, 1.82) is 0 Å². The highest BCUT2D eigenvalue weighted by Gasteiger charge is 2.35. The van der Waals surface area contributed by atoms with E-state index in [0.717, 1.165) is 0 Å². The van der Waals surface area contributed by atoms with Gasteiger partial charge in [0.15, 0.2) is 0 Å². The highest BCUT2D eigenvalue weighted by molar-refractivity contribution is 6.40. The molecule has 0 aromatic heterocycles. The van der Waals surface area contributed by atoms with Crippen molar-refractivity contribution >= 4 is 17.5 Å². The summed E-state index contributed by atoms with van der Waals surface area (Å²) in [5.74, 6) is -1.99. The molecule has 0 aliphatic carbocycles. The third-order valence-electron chi connectivity index (χ3n) is 2.12. The smallest absolute Gasteiger partial charge is 0.290 e. The Labute approximate surface area is 84.3 Å². The van der Waals surface area contributed by atoms with Crippen molar-refractivity contribution in [2.24, 2.45) is 5.92 Å². The van der Waals surface area contributed by atoms with Gasteiger partial charge in [-0.3, -0.25) is 14.4 Å². The van der Waals surface area contributed by atoms with Crippen LogP contribution in [0.15, 0.2) is 0 Å². The normalized spacial score (nSPS) is 21.4. The predicted molar refractivity (Wildman–Crippen MR) is 52.8 cm³/mol. The maximum Gasteiger partial charge on any atom is 0.290 e. The number of likely N-dealkylation sites (N-methyl/N-ethyl adjacent to an activating group) is 1. The first-order chi connectivity index (χ1) is 6.54. The summed E-state index contributed by atoms with van der Waals surface area (Å²) in [7, 11) is 1.57. The van der Waals surface area contributed by atoms with Gasteiger partial charge in [-0.15, -0.1) is 0 Å². The van der Waals surface area contributed by atoms with Crippen LogP contribution < -0.4 is 0 Å². The summed E-state index contributed by atoms with van der Waals surface area (Å²) in [5, 5.41) is 0. The number of hydrogen-bond acceptors (Lipinski definition) is 3. The van der Waals surface area contributed by atoms with E-state index in [2.05, 4.69) is 0 Å². The molecule has 0 bridgehead atoms. The maximum atomic E-state index is 11.2. The third kappa shape index (κ3) is 2.65. The van der Waals surface area contributed by atoms with E-state index in [0.29, 0.717) is 13.0 Å². The largest absolute Gasteiger partial charge is 0.339 e. The summed E-state index contributed by atoms with van der Waals surface area (Å²) in [6.07, 6.45) is 0.469. The molecule has 0 N–H and O–H groups in total. The van der Waals surface area contributed by atoms with Crippen molar-refractivity contribution in [3.8, 4) is 0 Å². The van der Waals surface area contributed by atoms with E-state index in [9.17, 15) is 14.4 Å². The number of carbonyl (C=O) groups is 3. The van der Waals surface area contributed by atoms with Gasteiger partial charge in [0.05, 0.1) is 5.92 Å². The first-order valence-corrected chi connectivity index (χ1v) is 4.84. The number of hydrogen-bond donors (Lipinski definition) is 0. The van der Waals surface area contributed by atoms with Gasteiger partial charge in [-0.25, -0.2) is 0 Å². The number of amides is 1. The van der Waals surface area contributed by atoms with E-state index in [4.69, 9.17) is 0 Å². The van der Waals surface area contributed by atoms with Gasteiger partial charge in [0.2, 0.25) is 5.78 Å². The van der Waals surface area contributed by atoms with Crippen molar-refractivity contribution in [1.82, 2.24) is 4.90 Å². The number of rotatable bonds is 1. The van der Waals surface area contributed by atoms with E-state index >= 15 is 0 Å². The zero-order valence-corrected chi connectivity index (χ0v) is 9.16. The lowest BCUT2D eigenvalue weighted by Gasteiger charge is -2.25. The molecule has 1 atom stereocenters. The van der Waals surface area contributed by atoms with Gasteiger partial charge in [0, 0.05) is 13.6 Å². The number of Topliss-reactive ketones (excluding diaryl/α,β-unsaturated/α-hetero) is 2. The minimum absolute atomic E-state index is 0.207. The van der Waals surface area contributed by atoms with Crippen LogP contribution in [0.1, 0.15) is 27.2 Å². The molecule has 4 heteroatoms. The molecule has 0 radical (unpaired) electrons. The Morgan fingerprint density at radius 1 is 1.36 bits per heavy atom. The summed E-state index contributed by atoms with van der Waals surface area (Å²) in [5.41, 5.74) is 0. The van der Waals surface area contributed by atoms with Crippen molar-refractivity contribution in [2.75, 3.05) is 13.6 Å². The number of nitrogens with zero attached hydrogens (tertiary/aromatic N) is 1. The van der Waals surface area contributed by atoms with E-state index < -0.39 is 17.6 Å². The van der Waals surface area contributed by atoms with Crippen LogP contribution >= 0.6 is 0 Å². The highest BCUT2D eigenvalue weighted by Crippen LogP contribution is 2.14. The molecule has 80 valence electrons. The van der Waals surface area contributed by atoms with Gasteiger partial charge in [-0.1, -0.05) is 13.8 Å². The molecule has 0 aromatic rings. The van der Waals surface area contributed by atoms with Gasteiger partial charge < -0.3 is 4.90 Å². The number of carbonyl (C=O) groups excluding carboxylic acids is 3. The SMILES string of the molecule is CC.CC(=O)C1CCN(C)C(=O)C1=O. The summed E-state index contributed by atoms with van der Waals surface area (Å²) in [6, 6.07) is 0. The Morgan fingerprint density at radius 2 is 1.86 bits per heavy atom. The molecular weight excluding hydrogens is 182 g/mol. The first kappa shape index (κ1) is 12.8. The lowest BCUT2D eigenvalue weighted by Crippen LogP contribution is -2.45. The standard InChI is InChI=1S/C8H11NO3.C2H6/c1-5(10)6-3-4-9(2)8(12)7(6)11;1-2/h6H,3-4H2,1-2H3;1-2H3. The van der Waals surface area contributed by atoms with Crippen molar-refractivity contribution in [3.05, 3.63) is 0 Å². The lowest BCUT2D eigenvalue weighted by atomic mass is 9.92. The fourth-order valence-corrected chi connectivity index (χ4v) is 1.28. The number of ketones is 2. The van der Waals surface area contributed by atoms with E-state index in [-0.39, 0.29) is 5.78 Å². The van der Waals surface area contributed by atoms with Crippen molar-refractivity contribution < 1.29 is 14.4 Å². The Hall–Kier alpha value is -1.19. The molecule has 0 saturated carbocycles. The molecule has 1 rings (SSSR count). The molecule has 4 nitrogen and oxygen atoms in total. The van der Waals surface area contributed by atoms with Crippen LogP contribution in [0.5, 0.6) is 0 Å². The predicted octanol–water partition coefficient (Wildman–Crippen LogP) is 0.649. The molecule has 1 heterocycles. The fraction of sp³-hybridized carbons (Fsp3) is 0.700. The van der Waals surface area contributed by atoms with Crippen molar-refractivity contribution in [3.63, 3.8) is 0 Å². The Bertz CT molecular complexity index is 248. The summed E-state index contributed by atoms with van der Waals surface area (Å²) >= 11 is 0. The molecule has 1 fully saturated rings. The molecule has 1 amide bonds. The molecule has 1 unspecified atom stereocenters. The lowest BCUT2D eigenvalue weighted by molar-refractivity contribution is -0.151. The summed E-state index contributed by atoms with van der Waals surface area (Å²) in [4.78, 5) is 34.4. The van der Waals surface area contributed by atoms with Crippen LogP contribution in [0.25, 0.3) is 0 Å². The van der Waals surface area contributed by atoms with Crippen LogP contribution in [0.2, 0.25) is 0 Å². The molecular formula is C10H17NO3. The van der Waals surface area contributed by atoms with Crippen molar-refractivity contribution in [2.45, 2.75) is 27.2 Å². The second-order valence-electron chi connectivity index (χ2n) is 3.04. The second kappa shape index (κ2) is 5.52. The van der Waals surface area contributed by atoms with E-state index in [1.807, 2.05) is 13.8 Å². The molecule has 0 aromatic carbocycles. The molecule has 14 heavy (non-hydrogen) atoms. The molecule has 1 saturated heterocycles. The zero-order chi connectivity index (χ0) is 11.3. The maximum absolute atomic E-state index is 11.2. The van der Waals surface area contributed by atoms with Crippen LogP contribution in [-0.2, 0) is 14.4 Å². The average Bonchev–Trinajstić information content (AvgIpc) is 2.17. The number of likely N-dealkylation sites (tertiary alicyclic amines) is 1. The van der Waals surface area contributed by atoms with Gasteiger partial charge in [0.25, 0.3) is 5.91 Å². The summed E-state index contributed by atoms with van der Waals surface area (Å²) in [6.45, 7) is 5.84. The van der Waals surface area contributed by atoms with Crippen LogP contribution in [0, 0.1) is 5.92 Å². The molecule has 1 aliphatic heterocycles. The third-order valence-corrected chi connectivity index (χ3v) is 2.12. The fourth-order valence-electron chi connectivity index (χ4n) is 1.28. The Morgan fingerprint density at radius 3 is 2.29 bits per heavy atom. The van der Waals surface area contributed by atoms with Crippen LogP contribution in [0.4, 0.5) is 0 Å². The average molecular weight is 199 g/mol. The van der Waals surface area contributed by atoms with Gasteiger partial charge in [0.1, 0.15) is 5.78 Å². The molecule has 1 aliphatic rings. The summed E-state index contributed by atoms with van der Waals surface area (Å²) < 4.78 is 0. The highest BCUT2D eigenvalue weighted by atomic mass is 16.2. The minimum atomic E-state index is -0.686. The van der Waals surface area contributed by atoms with Crippen LogP contribution in [-0.4, -0.2) is 36.0 Å². The Kier molecular flexibility index (Phi) is 5.05. The molecule has 0 spiro atoms. The number of piperidine rings is 1. The quantitative estimate of drug-likeness (QED) is 0.460. The van der Waals surface area contributed by atoms with E-state index in [1.54, 1.807) is 7.05 Å². The second-order valence-corrected chi connectivity index (χ2v) is 3.04. The van der Waals surface area contributed by atoms with E-state index in [1.165, 1.54) is 11.8 Å². The zero-order valence-electron chi connectivity index (χ0n) is 9.16. The minimum Gasteiger partial charge on any atom is -0.339 e. The van der Waals surface area contributed by atoms with Crippen LogP contribution in [0.3, 0.4) is 0 Å². The monoisotopic (exact) mass is 199 g/mol. The first-order valence-electron chi connectivity index (χ1n) is 4.84. The topological polar surface area (TPSA) is 54.5 Å². The van der Waals surface area contributed by atoms with Gasteiger partial charge in [-0.2, -0.15) is 0 Å². The van der Waals surface area contributed by atoms with Gasteiger partial charge >= 0.3 is 0 Å².